The Morgan fingerprint density at radius 3 is 2.62 bits per heavy atom. The molecule has 0 aliphatic rings. The topological polar surface area (TPSA) is 91.6 Å². The van der Waals surface area contributed by atoms with Gasteiger partial charge < -0.3 is 20.2 Å². The highest BCUT2D eigenvalue weighted by atomic mass is 16.4. The van der Waals surface area contributed by atoms with E-state index in [9.17, 15) is 9.59 Å². The van der Waals surface area contributed by atoms with Gasteiger partial charge in [0.2, 0.25) is 0 Å². The fraction of sp³-hybridized carbons (Fsp3) is 0.600. The van der Waals surface area contributed by atoms with Crippen molar-refractivity contribution in [1.82, 2.24) is 10.6 Å². The molecule has 3 N–H and O–H groups in total. The number of carboxylic acids is 1. The average molecular weight is 296 g/mol. The van der Waals surface area contributed by atoms with Crippen molar-refractivity contribution in [2.45, 2.75) is 39.7 Å². The molecule has 1 heterocycles. The third kappa shape index (κ3) is 7.39. The minimum Gasteiger partial charge on any atom is -0.481 e. The zero-order chi connectivity index (χ0) is 15.7. The fourth-order valence-corrected chi connectivity index (χ4v) is 2.13. The molecule has 1 rings (SSSR count). The molecule has 2 amide bonds. The Bertz CT molecular complexity index is 429. The smallest absolute Gasteiger partial charge is 0.315 e. The van der Waals surface area contributed by atoms with E-state index in [0.717, 1.165) is 12.0 Å². The Kier molecular flexibility index (Phi) is 7.36. The second-order valence-electron chi connectivity index (χ2n) is 5.47. The van der Waals surface area contributed by atoms with Gasteiger partial charge in [0.25, 0.3) is 0 Å². The zero-order valence-electron chi connectivity index (χ0n) is 12.6. The maximum Gasteiger partial charge on any atom is 0.315 e. The molecule has 0 radical (unpaired) electrons. The Morgan fingerprint density at radius 2 is 2.05 bits per heavy atom. The Labute approximate surface area is 124 Å². The molecule has 0 spiro atoms. The third-order valence-electron chi connectivity index (χ3n) is 3.51. The van der Waals surface area contributed by atoms with Gasteiger partial charge in [0.1, 0.15) is 0 Å². The van der Waals surface area contributed by atoms with E-state index in [4.69, 9.17) is 9.52 Å². The van der Waals surface area contributed by atoms with Crippen LogP contribution in [-0.4, -0.2) is 23.7 Å². The summed E-state index contributed by atoms with van der Waals surface area (Å²) < 4.78 is 4.91. The van der Waals surface area contributed by atoms with E-state index in [1.807, 2.05) is 0 Å². The predicted molar refractivity (Wildman–Crippen MR) is 78.8 cm³/mol. The molecule has 0 fully saturated rings. The average Bonchev–Trinajstić information content (AvgIpc) is 2.92. The van der Waals surface area contributed by atoms with Crippen LogP contribution in [0.1, 0.15) is 38.7 Å². The van der Waals surface area contributed by atoms with Crippen molar-refractivity contribution >= 4 is 12.0 Å². The van der Waals surface area contributed by atoms with Gasteiger partial charge in [-0.1, -0.05) is 13.8 Å². The lowest BCUT2D eigenvalue weighted by Crippen LogP contribution is -2.36. The van der Waals surface area contributed by atoms with E-state index in [1.165, 1.54) is 0 Å². The number of furan rings is 1. The van der Waals surface area contributed by atoms with Crippen molar-refractivity contribution in [2.24, 2.45) is 11.8 Å². The number of aliphatic carboxylic acids is 1. The molecule has 0 saturated heterocycles. The largest absolute Gasteiger partial charge is 0.481 e. The summed E-state index contributed by atoms with van der Waals surface area (Å²) in [5, 5.41) is 14.3. The Balaban J connectivity index is 2.20. The molecule has 1 unspecified atom stereocenters. The van der Waals surface area contributed by atoms with Gasteiger partial charge in [-0.05, 0) is 30.7 Å². The van der Waals surface area contributed by atoms with Crippen LogP contribution in [0.4, 0.5) is 4.79 Å². The highest BCUT2D eigenvalue weighted by Gasteiger charge is 2.15. The third-order valence-corrected chi connectivity index (χ3v) is 3.51. The van der Waals surface area contributed by atoms with E-state index in [2.05, 4.69) is 24.5 Å². The van der Waals surface area contributed by atoms with Crippen molar-refractivity contribution in [1.29, 1.82) is 0 Å². The lowest BCUT2D eigenvalue weighted by molar-refractivity contribution is -0.137. The monoisotopic (exact) mass is 296 g/mol. The van der Waals surface area contributed by atoms with Gasteiger partial charge in [-0.3, -0.25) is 4.79 Å². The van der Waals surface area contributed by atoms with E-state index in [0.29, 0.717) is 31.3 Å². The quantitative estimate of drug-likeness (QED) is 0.653. The van der Waals surface area contributed by atoms with Crippen molar-refractivity contribution < 1.29 is 19.1 Å². The van der Waals surface area contributed by atoms with Crippen LogP contribution in [-0.2, 0) is 11.3 Å². The molecular formula is C15H24N2O4. The van der Waals surface area contributed by atoms with Crippen LogP contribution >= 0.6 is 0 Å². The van der Waals surface area contributed by atoms with E-state index < -0.39 is 5.97 Å². The molecule has 21 heavy (non-hydrogen) atoms. The van der Waals surface area contributed by atoms with Gasteiger partial charge in [-0.2, -0.15) is 0 Å². The minimum atomic E-state index is -0.772. The van der Waals surface area contributed by atoms with E-state index in [-0.39, 0.29) is 12.5 Å². The maximum absolute atomic E-state index is 11.6. The molecule has 0 aromatic carbocycles. The van der Waals surface area contributed by atoms with Gasteiger partial charge in [0, 0.05) is 25.1 Å². The fourth-order valence-electron chi connectivity index (χ4n) is 2.13. The molecule has 6 nitrogen and oxygen atoms in total. The summed E-state index contributed by atoms with van der Waals surface area (Å²) in [4.78, 5) is 22.2. The number of amides is 2. The number of carbonyl (C=O) groups is 2. The number of carboxylic acid groups (broad SMARTS) is 1. The highest BCUT2D eigenvalue weighted by molar-refractivity contribution is 5.73. The normalized spacial score (nSPS) is 12.1. The number of urea groups is 1. The van der Waals surface area contributed by atoms with Gasteiger partial charge >= 0.3 is 12.0 Å². The van der Waals surface area contributed by atoms with Gasteiger partial charge in [0.15, 0.2) is 0 Å². The first-order valence-corrected chi connectivity index (χ1v) is 7.23. The summed E-state index contributed by atoms with van der Waals surface area (Å²) >= 11 is 0. The lowest BCUT2D eigenvalue weighted by atomic mass is 9.88. The van der Waals surface area contributed by atoms with Crippen LogP contribution in [0.3, 0.4) is 0 Å². The number of hydrogen-bond acceptors (Lipinski definition) is 3. The van der Waals surface area contributed by atoms with E-state index in [1.54, 1.807) is 18.6 Å². The second kappa shape index (κ2) is 9.05. The molecule has 1 aromatic heterocycles. The van der Waals surface area contributed by atoms with Gasteiger partial charge in [-0.25, -0.2) is 4.79 Å². The lowest BCUT2D eigenvalue weighted by Gasteiger charge is -2.20. The number of rotatable bonds is 9. The molecule has 6 heteroatoms. The van der Waals surface area contributed by atoms with Crippen molar-refractivity contribution in [3.63, 3.8) is 0 Å². The highest BCUT2D eigenvalue weighted by Crippen LogP contribution is 2.20. The van der Waals surface area contributed by atoms with Gasteiger partial charge in [0.05, 0.1) is 12.5 Å². The minimum absolute atomic E-state index is 0.176. The number of hydrogen-bond donors (Lipinski definition) is 3. The summed E-state index contributed by atoms with van der Waals surface area (Å²) in [5.74, 6) is -0.0677. The molecule has 0 aliphatic heterocycles. The van der Waals surface area contributed by atoms with Crippen LogP contribution in [0.25, 0.3) is 0 Å². The van der Waals surface area contributed by atoms with Crippen LogP contribution in [0.2, 0.25) is 0 Å². The molecule has 0 aliphatic carbocycles. The van der Waals surface area contributed by atoms with Crippen LogP contribution < -0.4 is 10.6 Å². The molecule has 0 bridgehead atoms. The van der Waals surface area contributed by atoms with E-state index >= 15 is 0 Å². The Hall–Kier alpha value is -1.98. The first-order chi connectivity index (χ1) is 9.99. The zero-order valence-corrected chi connectivity index (χ0v) is 12.6. The Morgan fingerprint density at radius 1 is 1.29 bits per heavy atom. The van der Waals surface area contributed by atoms with Crippen LogP contribution in [0.5, 0.6) is 0 Å². The van der Waals surface area contributed by atoms with Crippen LogP contribution in [0.15, 0.2) is 23.0 Å². The summed E-state index contributed by atoms with van der Waals surface area (Å²) in [7, 11) is 0. The first-order valence-electron chi connectivity index (χ1n) is 7.23. The molecule has 118 valence electrons. The number of nitrogens with one attached hydrogen (secondary N) is 2. The van der Waals surface area contributed by atoms with Crippen LogP contribution in [0, 0.1) is 11.8 Å². The molecule has 1 atom stereocenters. The SMILES string of the molecule is CC(C)C(CCNC(=O)NCc1ccoc1)CCC(=O)O. The first kappa shape index (κ1) is 17.1. The van der Waals surface area contributed by atoms with Crippen molar-refractivity contribution in [3.8, 4) is 0 Å². The maximum atomic E-state index is 11.6. The molecule has 1 aromatic rings. The predicted octanol–water partition coefficient (Wildman–Crippen LogP) is 2.61. The summed E-state index contributed by atoms with van der Waals surface area (Å²) in [6.45, 7) is 5.12. The van der Waals surface area contributed by atoms with Crippen molar-refractivity contribution in [2.75, 3.05) is 6.54 Å². The molecular weight excluding hydrogens is 272 g/mol. The summed E-state index contributed by atoms with van der Waals surface area (Å²) in [6.07, 6.45) is 4.75. The van der Waals surface area contributed by atoms with Crippen molar-refractivity contribution in [3.05, 3.63) is 24.2 Å². The number of carbonyl (C=O) groups excluding carboxylic acids is 1. The van der Waals surface area contributed by atoms with Gasteiger partial charge in [-0.15, -0.1) is 0 Å². The summed E-state index contributed by atoms with van der Waals surface area (Å²) in [5.41, 5.74) is 0.909. The molecule has 0 saturated carbocycles. The second-order valence-corrected chi connectivity index (χ2v) is 5.47. The standard InChI is InChI=1S/C15H24N2O4/c1-11(2)13(3-4-14(18)19)5-7-16-15(20)17-9-12-6-8-21-10-12/h6,8,10-11,13H,3-5,7,9H2,1-2H3,(H,18,19)(H2,16,17,20). The summed E-state index contributed by atoms with van der Waals surface area (Å²) in [6, 6.07) is 1.57.